The summed E-state index contributed by atoms with van der Waals surface area (Å²) in [5, 5.41) is 4.02. The summed E-state index contributed by atoms with van der Waals surface area (Å²) in [6.45, 7) is 5.87. The number of carbonyl (C=O) groups is 2. The first-order valence-electron chi connectivity index (χ1n) is 9.76. The molecule has 0 saturated carbocycles. The average molecular weight is 451 g/mol. The van der Waals surface area contributed by atoms with Crippen molar-refractivity contribution in [3.63, 3.8) is 0 Å². The predicted octanol–water partition coefficient (Wildman–Crippen LogP) is 6.32. The number of imide groups is 1. The predicted molar refractivity (Wildman–Crippen MR) is 127 cm³/mol. The lowest BCUT2D eigenvalue weighted by atomic mass is 9.99. The summed E-state index contributed by atoms with van der Waals surface area (Å²) < 4.78 is 0. The first-order valence-corrected chi connectivity index (χ1v) is 10.5. The van der Waals surface area contributed by atoms with E-state index in [0.717, 1.165) is 21.6 Å². The maximum absolute atomic E-state index is 13.5. The van der Waals surface area contributed by atoms with E-state index in [-0.39, 0.29) is 5.70 Å². The largest absolute Gasteiger partial charge is 0.350 e. The minimum atomic E-state index is -0.469. The van der Waals surface area contributed by atoms with E-state index in [0.29, 0.717) is 32.6 Å². The van der Waals surface area contributed by atoms with Crippen molar-refractivity contribution in [2.45, 2.75) is 20.8 Å². The van der Waals surface area contributed by atoms with Crippen LogP contribution in [0.1, 0.15) is 22.3 Å². The zero-order chi connectivity index (χ0) is 22.3. The maximum atomic E-state index is 13.5. The van der Waals surface area contributed by atoms with Crippen LogP contribution in [0, 0.1) is 20.8 Å². The van der Waals surface area contributed by atoms with Crippen molar-refractivity contribution in [3.8, 4) is 0 Å². The molecule has 156 valence electrons. The lowest BCUT2D eigenvalue weighted by Crippen LogP contribution is -2.32. The van der Waals surface area contributed by atoms with Gasteiger partial charge in [-0.2, -0.15) is 0 Å². The molecule has 3 aromatic rings. The molecule has 0 aromatic heterocycles. The van der Waals surface area contributed by atoms with Gasteiger partial charge in [0.05, 0.1) is 16.3 Å². The Morgan fingerprint density at radius 1 is 0.742 bits per heavy atom. The van der Waals surface area contributed by atoms with Crippen LogP contribution in [-0.2, 0) is 9.59 Å². The van der Waals surface area contributed by atoms with Crippen molar-refractivity contribution in [2.24, 2.45) is 0 Å². The van der Waals surface area contributed by atoms with Gasteiger partial charge in [-0.05, 0) is 67.3 Å². The van der Waals surface area contributed by atoms with Crippen LogP contribution >= 0.6 is 23.2 Å². The Hall–Kier alpha value is -3.08. The van der Waals surface area contributed by atoms with Crippen molar-refractivity contribution in [2.75, 3.05) is 10.2 Å². The summed E-state index contributed by atoms with van der Waals surface area (Å²) in [4.78, 5) is 28.1. The van der Waals surface area contributed by atoms with E-state index >= 15 is 0 Å². The van der Waals surface area contributed by atoms with Crippen LogP contribution in [0.2, 0.25) is 10.0 Å². The molecule has 0 radical (unpaired) electrons. The summed E-state index contributed by atoms with van der Waals surface area (Å²) in [6.07, 6.45) is 0. The van der Waals surface area contributed by atoms with Gasteiger partial charge in [0.2, 0.25) is 0 Å². The highest BCUT2D eigenvalue weighted by Gasteiger charge is 2.41. The fraction of sp³-hybridized carbons (Fsp3) is 0.120. The van der Waals surface area contributed by atoms with Gasteiger partial charge in [-0.3, -0.25) is 9.59 Å². The number of amides is 2. The Labute approximate surface area is 191 Å². The van der Waals surface area contributed by atoms with E-state index in [1.165, 1.54) is 0 Å². The van der Waals surface area contributed by atoms with E-state index in [2.05, 4.69) is 5.32 Å². The van der Waals surface area contributed by atoms with Gasteiger partial charge < -0.3 is 5.32 Å². The minimum absolute atomic E-state index is 0.188. The minimum Gasteiger partial charge on any atom is -0.350 e. The molecule has 3 aromatic carbocycles. The van der Waals surface area contributed by atoms with Crippen LogP contribution < -0.4 is 10.2 Å². The Kier molecular flexibility index (Phi) is 5.61. The molecule has 0 saturated heterocycles. The third-order valence-electron chi connectivity index (χ3n) is 5.41. The number of benzene rings is 3. The third-order valence-corrected chi connectivity index (χ3v) is 6.14. The second-order valence-electron chi connectivity index (χ2n) is 7.54. The number of para-hydroxylation sites is 1. The Morgan fingerprint density at radius 3 is 2.13 bits per heavy atom. The molecular weight excluding hydrogens is 431 g/mol. The van der Waals surface area contributed by atoms with Gasteiger partial charge in [-0.1, -0.05) is 59.6 Å². The van der Waals surface area contributed by atoms with Gasteiger partial charge in [0.1, 0.15) is 5.70 Å². The fourth-order valence-electron chi connectivity index (χ4n) is 3.48. The van der Waals surface area contributed by atoms with Crippen LogP contribution in [0.3, 0.4) is 0 Å². The molecule has 0 aliphatic carbocycles. The Balaban J connectivity index is 1.87. The quantitative estimate of drug-likeness (QED) is 0.473. The Morgan fingerprint density at radius 2 is 1.45 bits per heavy atom. The number of nitrogens with one attached hydrogen (secondary N) is 1. The fourth-order valence-corrected chi connectivity index (χ4v) is 3.88. The van der Waals surface area contributed by atoms with Crippen LogP contribution in [0.15, 0.2) is 66.4 Å². The van der Waals surface area contributed by atoms with Crippen LogP contribution in [-0.4, -0.2) is 11.8 Å². The van der Waals surface area contributed by atoms with E-state index in [4.69, 9.17) is 23.2 Å². The summed E-state index contributed by atoms with van der Waals surface area (Å²) in [5.74, 6) is -0.898. The monoisotopic (exact) mass is 450 g/mol. The zero-order valence-electron chi connectivity index (χ0n) is 17.3. The van der Waals surface area contributed by atoms with Crippen molar-refractivity contribution in [1.82, 2.24) is 0 Å². The molecule has 4 nitrogen and oxygen atoms in total. The van der Waals surface area contributed by atoms with Gasteiger partial charge in [-0.15, -0.1) is 0 Å². The third kappa shape index (κ3) is 3.85. The number of aryl methyl sites for hydroxylation is 3. The zero-order valence-corrected chi connectivity index (χ0v) is 18.8. The molecule has 6 heteroatoms. The molecule has 2 amide bonds. The van der Waals surface area contributed by atoms with E-state index < -0.39 is 11.8 Å². The number of hydrogen-bond donors (Lipinski definition) is 1. The first kappa shape index (κ1) is 21.2. The number of anilines is 2. The standard InChI is InChI=1S/C25H20Cl2N2O2/c1-14-8-10-17(12-16(14)3)22-23(28-18-11-9-15(2)20(27)13-18)25(31)29(24(22)30)21-7-5-4-6-19(21)26/h4-13,28H,1-3H3. The number of rotatable bonds is 4. The SMILES string of the molecule is Cc1ccc(C2=C(Nc3ccc(C)c(Cl)c3)C(=O)N(c3ccccc3Cl)C2=O)cc1C. The number of nitrogens with zero attached hydrogens (tertiary/aromatic N) is 1. The second kappa shape index (κ2) is 8.22. The van der Waals surface area contributed by atoms with Crippen molar-refractivity contribution in [1.29, 1.82) is 0 Å². The van der Waals surface area contributed by atoms with Crippen molar-refractivity contribution >= 4 is 52.0 Å². The molecule has 1 heterocycles. The molecule has 1 N–H and O–H groups in total. The molecule has 0 bridgehead atoms. The number of hydrogen-bond acceptors (Lipinski definition) is 3. The lowest BCUT2D eigenvalue weighted by Gasteiger charge is -2.17. The van der Waals surface area contributed by atoms with Gasteiger partial charge in [0.25, 0.3) is 11.8 Å². The molecule has 0 unspecified atom stereocenters. The average Bonchev–Trinajstić information content (AvgIpc) is 2.97. The highest BCUT2D eigenvalue weighted by molar-refractivity contribution is 6.48. The van der Waals surface area contributed by atoms with E-state index in [1.54, 1.807) is 30.3 Å². The Bertz CT molecular complexity index is 1260. The summed E-state index contributed by atoms with van der Waals surface area (Å²) in [7, 11) is 0. The van der Waals surface area contributed by atoms with Gasteiger partial charge in [0, 0.05) is 10.7 Å². The van der Waals surface area contributed by atoms with Crippen LogP contribution in [0.5, 0.6) is 0 Å². The van der Waals surface area contributed by atoms with Gasteiger partial charge in [-0.25, -0.2) is 4.90 Å². The molecule has 0 spiro atoms. The second-order valence-corrected chi connectivity index (χ2v) is 8.35. The topological polar surface area (TPSA) is 49.4 Å². The maximum Gasteiger partial charge on any atom is 0.282 e. The van der Waals surface area contributed by atoms with Crippen LogP contribution in [0.4, 0.5) is 11.4 Å². The van der Waals surface area contributed by atoms with E-state index in [9.17, 15) is 9.59 Å². The molecule has 31 heavy (non-hydrogen) atoms. The van der Waals surface area contributed by atoms with Gasteiger partial charge >= 0.3 is 0 Å². The summed E-state index contributed by atoms with van der Waals surface area (Å²) in [5.41, 5.74) is 5.16. The molecule has 0 fully saturated rings. The van der Waals surface area contributed by atoms with Crippen LogP contribution in [0.25, 0.3) is 5.57 Å². The van der Waals surface area contributed by atoms with Gasteiger partial charge in [0.15, 0.2) is 0 Å². The first-order chi connectivity index (χ1) is 14.8. The highest BCUT2D eigenvalue weighted by Crippen LogP contribution is 2.37. The van der Waals surface area contributed by atoms with Crippen molar-refractivity contribution in [3.05, 3.63) is 98.7 Å². The summed E-state index contributed by atoms with van der Waals surface area (Å²) in [6, 6.07) is 17.9. The van der Waals surface area contributed by atoms with Crippen molar-refractivity contribution < 1.29 is 9.59 Å². The lowest BCUT2D eigenvalue weighted by molar-refractivity contribution is -0.120. The molecule has 1 aliphatic rings. The summed E-state index contributed by atoms with van der Waals surface area (Å²) >= 11 is 12.6. The molecular formula is C25H20Cl2N2O2. The van der Waals surface area contributed by atoms with E-state index in [1.807, 2.05) is 51.1 Å². The highest BCUT2D eigenvalue weighted by atomic mass is 35.5. The molecule has 4 rings (SSSR count). The number of halogens is 2. The normalized spacial score (nSPS) is 13.9. The number of carbonyl (C=O) groups excluding carboxylic acids is 2. The molecule has 1 aliphatic heterocycles. The smallest absolute Gasteiger partial charge is 0.282 e. The molecule has 0 atom stereocenters.